The summed E-state index contributed by atoms with van der Waals surface area (Å²) in [5.41, 5.74) is 1.31. The maximum atomic E-state index is 13.0. The van der Waals surface area contributed by atoms with E-state index in [-0.39, 0.29) is 6.54 Å². The Morgan fingerprint density at radius 2 is 1.79 bits per heavy atom. The van der Waals surface area contributed by atoms with E-state index in [1.165, 1.54) is 11.8 Å². The van der Waals surface area contributed by atoms with Crippen LogP contribution in [0.1, 0.15) is 37.8 Å². The van der Waals surface area contributed by atoms with Gasteiger partial charge in [0, 0.05) is 4.90 Å². The molecule has 1 aliphatic rings. The average molecular weight is 412 g/mol. The first-order valence-corrected chi connectivity index (χ1v) is 10.7. The number of imide groups is 1. The van der Waals surface area contributed by atoms with E-state index in [2.05, 4.69) is 24.5 Å². The Bertz CT molecular complexity index is 943. The van der Waals surface area contributed by atoms with Gasteiger partial charge in [0.05, 0.1) is 5.69 Å². The number of anilines is 1. The van der Waals surface area contributed by atoms with Gasteiger partial charge in [-0.15, -0.1) is 11.8 Å². The number of para-hydroxylation sites is 1. The van der Waals surface area contributed by atoms with Crippen molar-refractivity contribution in [3.8, 4) is 0 Å². The molecule has 4 amide bonds. The third-order valence-electron chi connectivity index (χ3n) is 5.11. The zero-order chi connectivity index (χ0) is 21.2. The van der Waals surface area contributed by atoms with Gasteiger partial charge in [-0.2, -0.15) is 0 Å². The molecule has 0 saturated carbocycles. The van der Waals surface area contributed by atoms with Gasteiger partial charge in [0.15, 0.2) is 0 Å². The first-order valence-electron chi connectivity index (χ1n) is 9.43. The highest BCUT2D eigenvalue weighted by Gasteiger charge is 2.49. The predicted molar refractivity (Wildman–Crippen MR) is 115 cm³/mol. The van der Waals surface area contributed by atoms with Crippen LogP contribution in [0.25, 0.3) is 0 Å². The Morgan fingerprint density at radius 1 is 1.14 bits per heavy atom. The van der Waals surface area contributed by atoms with Crippen molar-refractivity contribution in [2.45, 2.75) is 37.1 Å². The second-order valence-corrected chi connectivity index (χ2v) is 8.32. The van der Waals surface area contributed by atoms with Crippen LogP contribution in [0.15, 0.2) is 53.4 Å². The monoisotopic (exact) mass is 411 g/mol. The molecule has 0 aliphatic carbocycles. The van der Waals surface area contributed by atoms with Gasteiger partial charge in [-0.05, 0) is 42.4 Å². The second-order valence-electron chi connectivity index (χ2n) is 7.47. The van der Waals surface area contributed by atoms with Crippen molar-refractivity contribution in [1.82, 2.24) is 10.2 Å². The number of carbonyl (C=O) groups is 3. The molecule has 1 heterocycles. The predicted octanol–water partition coefficient (Wildman–Crippen LogP) is 3.94. The molecule has 0 aromatic heterocycles. The first-order chi connectivity index (χ1) is 13.8. The van der Waals surface area contributed by atoms with Crippen LogP contribution in [0.4, 0.5) is 10.5 Å². The van der Waals surface area contributed by atoms with E-state index < -0.39 is 23.4 Å². The quantitative estimate of drug-likeness (QED) is 0.558. The van der Waals surface area contributed by atoms with Crippen LogP contribution in [0.5, 0.6) is 0 Å². The lowest BCUT2D eigenvalue weighted by Crippen LogP contribution is -2.42. The van der Waals surface area contributed by atoms with Crippen molar-refractivity contribution in [3.05, 3.63) is 59.7 Å². The molecule has 2 aromatic rings. The standard InChI is InChI=1S/C22H25N3O3S/c1-14(2)15-9-11-16(12-10-15)22(3)20(27)25(21(28)24-22)13-19(26)23-17-7-5-6-8-18(17)29-4/h5-12,14H,13H2,1-4H3,(H,23,26)(H,24,28)/t22-/m0/s1. The minimum Gasteiger partial charge on any atom is -0.324 e. The van der Waals surface area contributed by atoms with E-state index >= 15 is 0 Å². The van der Waals surface area contributed by atoms with Gasteiger partial charge in [0.2, 0.25) is 5.91 Å². The Labute approximate surface area is 175 Å². The second kappa shape index (κ2) is 8.29. The summed E-state index contributed by atoms with van der Waals surface area (Å²) in [6, 6.07) is 14.4. The van der Waals surface area contributed by atoms with Gasteiger partial charge in [-0.3, -0.25) is 14.5 Å². The molecule has 1 saturated heterocycles. The van der Waals surface area contributed by atoms with E-state index in [1.54, 1.807) is 13.0 Å². The van der Waals surface area contributed by atoms with Crippen LogP contribution >= 0.6 is 11.8 Å². The van der Waals surface area contributed by atoms with Crippen LogP contribution in [-0.4, -0.2) is 35.5 Å². The largest absolute Gasteiger partial charge is 0.325 e. The van der Waals surface area contributed by atoms with Gasteiger partial charge in [0.25, 0.3) is 5.91 Å². The Morgan fingerprint density at radius 3 is 2.41 bits per heavy atom. The number of amides is 4. The summed E-state index contributed by atoms with van der Waals surface area (Å²) in [5, 5.41) is 5.52. The molecule has 2 aromatic carbocycles. The van der Waals surface area contributed by atoms with Gasteiger partial charge >= 0.3 is 6.03 Å². The summed E-state index contributed by atoms with van der Waals surface area (Å²) >= 11 is 1.51. The smallest absolute Gasteiger partial charge is 0.324 e. The van der Waals surface area contributed by atoms with Crippen LogP contribution in [-0.2, 0) is 15.1 Å². The summed E-state index contributed by atoms with van der Waals surface area (Å²) in [6.45, 7) is 5.51. The van der Waals surface area contributed by atoms with E-state index in [9.17, 15) is 14.4 Å². The van der Waals surface area contributed by atoms with Gasteiger partial charge in [-0.1, -0.05) is 50.2 Å². The van der Waals surface area contributed by atoms with Crippen LogP contribution in [0.2, 0.25) is 0 Å². The molecule has 152 valence electrons. The number of carbonyl (C=O) groups excluding carboxylic acids is 3. The number of nitrogens with zero attached hydrogens (tertiary/aromatic N) is 1. The number of hydrogen-bond donors (Lipinski definition) is 2. The topological polar surface area (TPSA) is 78.5 Å². The fourth-order valence-corrected chi connectivity index (χ4v) is 3.87. The molecule has 0 unspecified atom stereocenters. The zero-order valence-corrected chi connectivity index (χ0v) is 17.8. The van der Waals surface area contributed by atoms with E-state index in [1.807, 2.05) is 48.7 Å². The fraction of sp³-hybridized carbons (Fsp3) is 0.318. The number of thioether (sulfide) groups is 1. The molecule has 0 spiro atoms. The molecule has 3 rings (SSSR count). The molecule has 2 N–H and O–H groups in total. The van der Waals surface area contributed by atoms with Crippen molar-refractivity contribution in [1.29, 1.82) is 0 Å². The van der Waals surface area contributed by atoms with Crippen LogP contribution in [0.3, 0.4) is 0 Å². The van der Waals surface area contributed by atoms with Crippen molar-refractivity contribution in [3.63, 3.8) is 0 Å². The number of benzene rings is 2. The summed E-state index contributed by atoms with van der Waals surface area (Å²) < 4.78 is 0. The highest BCUT2D eigenvalue weighted by molar-refractivity contribution is 7.98. The molecule has 0 radical (unpaired) electrons. The minimum atomic E-state index is -1.19. The highest BCUT2D eigenvalue weighted by atomic mass is 32.2. The summed E-state index contributed by atoms with van der Waals surface area (Å²) in [7, 11) is 0. The van der Waals surface area contributed by atoms with Crippen molar-refractivity contribution in [2.24, 2.45) is 0 Å². The lowest BCUT2D eigenvalue weighted by Gasteiger charge is -2.23. The lowest BCUT2D eigenvalue weighted by molar-refractivity contribution is -0.133. The Balaban J connectivity index is 1.75. The molecule has 6 nitrogen and oxygen atoms in total. The molecule has 1 fully saturated rings. The maximum absolute atomic E-state index is 13.0. The Kier molecular flexibility index (Phi) is 5.98. The first kappa shape index (κ1) is 20.9. The number of rotatable bonds is 6. The SMILES string of the molecule is CSc1ccccc1NC(=O)CN1C(=O)N[C@@](C)(c2ccc(C(C)C)cc2)C1=O. The van der Waals surface area contributed by atoms with Crippen molar-refractivity contribution >= 4 is 35.3 Å². The van der Waals surface area contributed by atoms with E-state index in [0.29, 0.717) is 17.2 Å². The minimum absolute atomic E-state index is 0.340. The summed E-state index contributed by atoms with van der Waals surface area (Å²) in [6.07, 6.45) is 1.92. The average Bonchev–Trinajstić information content (AvgIpc) is 2.92. The van der Waals surface area contributed by atoms with Crippen molar-refractivity contribution in [2.75, 3.05) is 18.1 Å². The van der Waals surface area contributed by atoms with E-state index in [0.717, 1.165) is 15.4 Å². The third-order valence-corrected chi connectivity index (χ3v) is 5.91. The lowest BCUT2D eigenvalue weighted by atomic mass is 9.90. The number of nitrogens with one attached hydrogen (secondary N) is 2. The Hall–Kier alpha value is -2.80. The van der Waals surface area contributed by atoms with Gasteiger partial charge in [-0.25, -0.2) is 4.79 Å². The highest BCUT2D eigenvalue weighted by Crippen LogP contribution is 2.30. The molecule has 29 heavy (non-hydrogen) atoms. The fourth-order valence-electron chi connectivity index (χ4n) is 3.32. The third kappa shape index (κ3) is 4.15. The summed E-state index contributed by atoms with van der Waals surface area (Å²) in [5.74, 6) is -0.488. The van der Waals surface area contributed by atoms with Crippen LogP contribution < -0.4 is 10.6 Å². The van der Waals surface area contributed by atoms with Crippen molar-refractivity contribution < 1.29 is 14.4 Å². The van der Waals surface area contributed by atoms with Gasteiger partial charge < -0.3 is 10.6 Å². The molecule has 0 bridgehead atoms. The van der Waals surface area contributed by atoms with Gasteiger partial charge in [0.1, 0.15) is 12.1 Å². The number of hydrogen-bond acceptors (Lipinski definition) is 4. The molecular weight excluding hydrogens is 386 g/mol. The normalized spacial score (nSPS) is 18.9. The summed E-state index contributed by atoms with van der Waals surface area (Å²) in [4.78, 5) is 39.9. The maximum Gasteiger partial charge on any atom is 0.325 e. The molecule has 1 aliphatic heterocycles. The zero-order valence-electron chi connectivity index (χ0n) is 17.0. The van der Waals surface area contributed by atoms with E-state index in [4.69, 9.17) is 0 Å². The van der Waals surface area contributed by atoms with Crippen LogP contribution in [0, 0.1) is 0 Å². The molecular formula is C22H25N3O3S. The molecule has 1 atom stereocenters. The molecule has 7 heteroatoms. The number of urea groups is 1.